The third kappa shape index (κ3) is 2.23. The molecule has 0 unspecified atom stereocenters. The number of ether oxygens (including phenoxy) is 2. The zero-order valence-corrected chi connectivity index (χ0v) is 11.8. The van der Waals surface area contributed by atoms with E-state index in [0.29, 0.717) is 32.3 Å². The van der Waals surface area contributed by atoms with Crippen molar-refractivity contribution in [3.63, 3.8) is 0 Å². The van der Waals surface area contributed by atoms with E-state index in [1.165, 1.54) is 0 Å². The number of anilines is 1. The molecule has 0 fully saturated rings. The van der Waals surface area contributed by atoms with Crippen LogP contribution in [0, 0.1) is 0 Å². The first-order chi connectivity index (χ1) is 9.66. The lowest BCUT2D eigenvalue weighted by molar-refractivity contribution is 0.0853. The molecular formula is C14H10BrNO4. The summed E-state index contributed by atoms with van der Waals surface area (Å²) in [5.41, 5.74) is 0.683. The van der Waals surface area contributed by atoms with Crippen molar-refractivity contribution in [2.45, 2.75) is 0 Å². The van der Waals surface area contributed by atoms with Crippen LogP contribution >= 0.6 is 15.9 Å². The molecule has 1 aliphatic rings. The van der Waals surface area contributed by atoms with Crippen molar-refractivity contribution < 1.29 is 19.5 Å². The van der Waals surface area contributed by atoms with E-state index in [-0.39, 0.29) is 6.79 Å². The molecule has 0 saturated heterocycles. The van der Waals surface area contributed by atoms with E-state index >= 15 is 0 Å². The Balaban J connectivity index is 1.95. The molecule has 0 radical (unpaired) electrons. The van der Waals surface area contributed by atoms with Crippen molar-refractivity contribution in [3.8, 4) is 11.5 Å². The molecule has 3 rings (SSSR count). The fourth-order valence-electron chi connectivity index (χ4n) is 1.88. The molecule has 0 saturated carbocycles. The van der Waals surface area contributed by atoms with Crippen LogP contribution in [-0.2, 0) is 0 Å². The Hall–Kier alpha value is -2.05. The number of halogens is 1. The highest BCUT2D eigenvalue weighted by Gasteiger charge is 2.23. The maximum Gasteiger partial charge on any atom is 0.283 e. The van der Waals surface area contributed by atoms with Crippen LogP contribution in [0.15, 0.2) is 46.9 Å². The highest BCUT2D eigenvalue weighted by Crippen LogP contribution is 2.37. The second-order valence-corrected chi connectivity index (χ2v) is 4.99. The summed E-state index contributed by atoms with van der Waals surface area (Å²) in [6, 6.07) is 11.7. The Bertz CT molecular complexity index is 660. The lowest BCUT2D eigenvalue weighted by atomic mass is 10.2. The van der Waals surface area contributed by atoms with Gasteiger partial charge in [-0.05, 0) is 40.2 Å². The van der Waals surface area contributed by atoms with Gasteiger partial charge in [-0.2, -0.15) is 5.06 Å². The van der Waals surface area contributed by atoms with Crippen molar-refractivity contribution >= 4 is 27.5 Å². The summed E-state index contributed by atoms with van der Waals surface area (Å²) in [7, 11) is 0. The van der Waals surface area contributed by atoms with E-state index < -0.39 is 5.91 Å². The second-order valence-electron chi connectivity index (χ2n) is 4.14. The molecule has 102 valence electrons. The van der Waals surface area contributed by atoms with Gasteiger partial charge in [-0.3, -0.25) is 10.0 Å². The molecule has 0 atom stereocenters. The summed E-state index contributed by atoms with van der Waals surface area (Å²) in [5, 5.41) is 10.6. The molecule has 0 aromatic heterocycles. The number of para-hydroxylation sites is 1. The summed E-state index contributed by atoms with van der Waals surface area (Å²) >= 11 is 3.30. The fourth-order valence-corrected chi connectivity index (χ4v) is 2.37. The van der Waals surface area contributed by atoms with E-state index in [2.05, 4.69) is 15.9 Å². The predicted octanol–water partition coefficient (Wildman–Crippen LogP) is 3.21. The lowest BCUT2D eigenvalue weighted by Crippen LogP contribution is -2.27. The van der Waals surface area contributed by atoms with Crippen molar-refractivity contribution in [1.82, 2.24) is 0 Å². The van der Waals surface area contributed by atoms with Crippen LogP contribution in [0.25, 0.3) is 0 Å². The van der Waals surface area contributed by atoms with E-state index in [4.69, 9.17) is 9.47 Å². The van der Waals surface area contributed by atoms with Gasteiger partial charge >= 0.3 is 0 Å². The third-order valence-corrected chi connectivity index (χ3v) is 3.54. The number of carbonyl (C=O) groups excluding carboxylic acids is 1. The van der Waals surface area contributed by atoms with Gasteiger partial charge in [-0.25, -0.2) is 0 Å². The molecular weight excluding hydrogens is 326 g/mol. The zero-order chi connectivity index (χ0) is 14.1. The van der Waals surface area contributed by atoms with E-state index in [9.17, 15) is 10.0 Å². The SMILES string of the molecule is O=C(c1cc2c(cc1Br)OCO2)N(O)c1ccccc1. The molecule has 0 aliphatic carbocycles. The first-order valence-corrected chi connectivity index (χ1v) is 6.63. The second kappa shape index (κ2) is 5.15. The average Bonchev–Trinajstić information content (AvgIpc) is 2.93. The van der Waals surface area contributed by atoms with Crippen molar-refractivity contribution in [3.05, 3.63) is 52.5 Å². The molecule has 2 aromatic rings. The number of rotatable bonds is 2. The van der Waals surface area contributed by atoms with Gasteiger partial charge in [0.05, 0.1) is 11.3 Å². The van der Waals surface area contributed by atoms with Gasteiger partial charge in [0, 0.05) is 4.47 Å². The molecule has 5 nitrogen and oxygen atoms in total. The summed E-state index contributed by atoms with van der Waals surface area (Å²) in [5.74, 6) is 0.497. The highest BCUT2D eigenvalue weighted by molar-refractivity contribution is 9.10. The fraction of sp³-hybridized carbons (Fsp3) is 0.0714. The van der Waals surface area contributed by atoms with Crippen molar-refractivity contribution in [1.29, 1.82) is 0 Å². The Morgan fingerprint density at radius 2 is 1.80 bits per heavy atom. The van der Waals surface area contributed by atoms with Crippen molar-refractivity contribution in [2.75, 3.05) is 11.9 Å². The molecule has 2 aromatic carbocycles. The molecule has 20 heavy (non-hydrogen) atoms. The zero-order valence-electron chi connectivity index (χ0n) is 10.2. The van der Waals surface area contributed by atoms with Crippen molar-refractivity contribution in [2.24, 2.45) is 0 Å². The minimum Gasteiger partial charge on any atom is -0.454 e. The third-order valence-electron chi connectivity index (χ3n) is 2.89. The number of benzene rings is 2. The van der Waals surface area contributed by atoms with Crippen LogP contribution in [0.1, 0.15) is 10.4 Å². The monoisotopic (exact) mass is 335 g/mol. The smallest absolute Gasteiger partial charge is 0.283 e. The van der Waals surface area contributed by atoms with Crippen LogP contribution < -0.4 is 14.5 Å². The Morgan fingerprint density at radius 1 is 1.15 bits per heavy atom. The van der Waals surface area contributed by atoms with Gasteiger partial charge < -0.3 is 9.47 Å². The Kier molecular flexibility index (Phi) is 3.33. The Morgan fingerprint density at radius 3 is 2.50 bits per heavy atom. The molecule has 0 bridgehead atoms. The average molecular weight is 336 g/mol. The van der Waals surface area contributed by atoms with E-state index in [0.717, 1.165) is 0 Å². The molecule has 1 amide bonds. The largest absolute Gasteiger partial charge is 0.454 e. The first kappa shape index (κ1) is 13.0. The van der Waals surface area contributed by atoms with Gasteiger partial charge in [-0.1, -0.05) is 18.2 Å². The molecule has 1 aliphatic heterocycles. The van der Waals surface area contributed by atoms with E-state index in [1.54, 1.807) is 42.5 Å². The van der Waals surface area contributed by atoms with Crippen LogP contribution in [-0.4, -0.2) is 17.9 Å². The first-order valence-electron chi connectivity index (χ1n) is 5.84. The molecule has 6 heteroatoms. The van der Waals surface area contributed by atoms with Gasteiger partial charge in [0.2, 0.25) is 6.79 Å². The predicted molar refractivity (Wildman–Crippen MR) is 75.3 cm³/mol. The number of amides is 1. The van der Waals surface area contributed by atoms with Crippen LogP contribution in [0.5, 0.6) is 11.5 Å². The van der Waals surface area contributed by atoms with Crippen LogP contribution in [0.3, 0.4) is 0 Å². The number of hydrogen-bond acceptors (Lipinski definition) is 4. The van der Waals surface area contributed by atoms with Gasteiger partial charge in [0.1, 0.15) is 0 Å². The summed E-state index contributed by atoms with van der Waals surface area (Å²) in [4.78, 5) is 12.3. The topological polar surface area (TPSA) is 59.0 Å². The quantitative estimate of drug-likeness (QED) is 0.676. The minimum absolute atomic E-state index is 0.126. The minimum atomic E-state index is -0.554. The number of fused-ring (bicyclic) bond motifs is 1. The number of hydroxylamine groups is 1. The summed E-state index contributed by atoms with van der Waals surface area (Å²) < 4.78 is 11.0. The number of carbonyl (C=O) groups is 1. The number of nitrogens with zero attached hydrogens (tertiary/aromatic N) is 1. The van der Waals surface area contributed by atoms with Gasteiger partial charge in [0.15, 0.2) is 11.5 Å². The molecule has 1 N–H and O–H groups in total. The Labute approximate surface area is 123 Å². The van der Waals surface area contributed by atoms with Gasteiger partial charge in [-0.15, -0.1) is 0 Å². The van der Waals surface area contributed by atoms with Crippen LogP contribution in [0.4, 0.5) is 5.69 Å². The van der Waals surface area contributed by atoms with E-state index in [1.807, 2.05) is 0 Å². The normalized spacial score (nSPS) is 12.3. The summed E-state index contributed by atoms with van der Waals surface area (Å²) in [6.45, 7) is 0.126. The molecule has 0 spiro atoms. The number of hydrogen-bond donors (Lipinski definition) is 1. The van der Waals surface area contributed by atoms with Gasteiger partial charge in [0.25, 0.3) is 5.91 Å². The molecule has 1 heterocycles. The summed E-state index contributed by atoms with van der Waals surface area (Å²) in [6.07, 6.45) is 0. The van der Waals surface area contributed by atoms with Crippen LogP contribution in [0.2, 0.25) is 0 Å². The maximum atomic E-state index is 12.3. The standard InChI is InChI=1S/C14H10BrNO4/c15-11-7-13-12(19-8-20-13)6-10(11)14(17)16(18)9-4-2-1-3-5-9/h1-7,18H,8H2. The maximum absolute atomic E-state index is 12.3. The lowest BCUT2D eigenvalue weighted by Gasteiger charge is -2.16. The highest BCUT2D eigenvalue weighted by atomic mass is 79.9.